The number of nitrogens with one attached hydrogen (secondary N) is 1. The summed E-state index contributed by atoms with van der Waals surface area (Å²) in [6.45, 7) is -0.0437. The van der Waals surface area contributed by atoms with Crippen molar-refractivity contribution in [3.05, 3.63) is 64.2 Å². The number of nitrogens with zero attached hydrogens (tertiary/aromatic N) is 1. The van der Waals surface area contributed by atoms with Gasteiger partial charge in [0.15, 0.2) is 0 Å². The summed E-state index contributed by atoms with van der Waals surface area (Å²) in [7, 11) is -1.04. The van der Waals surface area contributed by atoms with Crippen molar-refractivity contribution in [3.8, 4) is 0 Å². The maximum absolute atomic E-state index is 12.6. The van der Waals surface area contributed by atoms with Gasteiger partial charge in [0.05, 0.1) is 21.0 Å². The number of alkyl halides is 3. The summed E-state index contributed by atoms with van der Waals surface area (Å²) >= 11 is 5.98. The predicted octanol–water partition coefficient (Wildman–Crippen LogP) is 3.54. The van der Waals surface area contributed by atoms with Gasteiger partial charge in [-0.2, -0.15) is 13.2 Å². The number of amides is 1. The van der Waals surface area contributed by atoms with Gasteiger partial charge in [0.2, 0.25) is 10.0 Å². The molecule has 0 aromatic heterocycles. The molecule has 0 bridgehead atoms. The molecule has 0 unspecified atom stereocenters. The number of hydrogen-bond donors (Lipinski definition) is 1. The third-order valence-corrected chi connectivity index (χ3v) is 5.84. The summed E-state index contributed by atoms with van der Waals surface area (Å²) in [5, 5.41) is 2.56. The van der Waals surface area contributed by atoms with Gasteiger partial charge in [-0.15, -0.1) is 0 Å². The molecule has 0 aliphatic rings. The first-order chi connectivity index (χ1) is 12.4. The van der Waals surface area contributed by atoms with E-state index in [9.17, 15) is 26.4 Å². The molecular formula is C17H16ClF3N2O3S. The number of halogens is 4. The minimum atomic E-state index is -4.44. The van der Waals surface area contributed by atoms with E-state index in [1.54, 1.807) is 0 Å². The highest BCUT2D eigenvalue weighted by atomic mass is 35.5. The van der Waals surface area contributed by atoms with Gasteiger partial charge in [-0.25, -0.2) is 12.7 Å². The first kappa shape index (κ1) is 21.2. The number of rotatable bonds is 5. The van der Waals surface area contributed by atoms with Gasteiger partial charge < -0.3 is 5.32 Å². The fraction of sp³-hybridized carbons (Fsp3) is 0.235. The topological polar surface area (TPSA) is 66.5 Å². The van der Waals surface area contributed by atoms with Gasteiger partial charge in [-0.05, 0) is 35.9 Å². The zero-order valence-electron chi connectivity index (χ0n) is 14.3. The molecule has 1 N–H and O–H groups in total. The maximum atomic E-state index is 12.6. The molecule has 146 valence electrons. The molecule has 0 radical (unpaired) electrons. The Kier molecular flexibility index (Phi) is 6.18. The highest BCUT2D eigenvalue weighted by Crippen LogP contribution is 2.29. The van der Waals surface area contributed by atoms with Crippen molar-refractivity contribution < 1.29 is 26.4 Å². The lowest BCUT2D eigenvalue weighted by atomic mass is 10.1. The Morgan fingerprint density at radius 2 is 1.70 bits per heavy atom. The van der Waals surface area contributed by atoms with Gasteiger partial charge in [0.1, 0.15) is 0 Å². The number of benzene rings is 2. The molecule has 0 heterocycles. The Morgan fingerprint density at radius 1 is 1.11 bits per heavy atom. The molecule has 2 aromatic rings. The maximum Gasteiger partial charge on any atom is 0.416 e. The smallest absolute Gasteiger partial charge is 0.348 e. The monoisotopic (exact) mass is 420 g/mol. The molecule has 27 heavy (non-hydrogen) atoms. The van der Waals surface area contributed by atoms with E-state index in [1.165, 1.54) is 38.4 Å². The van der Waals surface area contributed by atoms with Crippen LogP contribution in [-0.2, 0) is 22.7 Å². The molecule has 2 aromatic carbocycles. The van der Waals surface area contributed by atoms with Gasteiger partial charge in [0.25, 0.3) is 5.91 Å². The van der Waals surface area contributed by atoms with Gasteiger partial charge >= 0.3 is 6.18 Å². The SMILES string of the molecule is CN(C)S(=O)(=O)c1ccc(Cl)c(C(=O)NCc2ccc(C(F)(F)F)cc2)c1. The molecule has 10 heteroatoms. The molecular weight excluding hydrogens is 405 g/mol. The summed E-state index contributed by atoms with van der Waals surface area (Å²) in [6, 6.07) is 8.06. The number of sulfonamides is 1. The molecule has 1 amide bonds. The van der Waals surface area contributed by atoms with Gasteiger partial charge in [-0.3, -0.25) is 4.79 Å². The zero-order valence-corrected chi connectivity index (χ0v) is 15.9. The lowest BCUT2D eigenvalue weighted by Gasteiger charge is -2.13. The van der Waals surface area contributed by atoms with E-state index in [4.69, 9.17) is 11.6 Å². The standard InChI is InChI=1S/C17H16ClF3N2O3S/c1-23(2)27(25,26)13-7-8-15(18)14(9-13)16(24)22-10-11-3-5-12(6-4-11)17(19,20)21/h3-9H,10H2,1-2H3,(H,22,24). The molecule has 0 fully saturated rings. The average molecular weight is 421 g/mol. The van der Waals surface area contributed by atoms with E-state index in [0.717, 1.165) is 22.5 Å². The van der Waals surface area contributed by atoms with Crippen LogP contribution in [-0.4, -0.2) is 32.7 Å². The van der Waals surface area contributed by atoms with Crippen molar-refractivity contribution in [1.82, 2.24) is 9.62 Å². The van der Waals surface area contributed by atoms with Crippen molar-refractivity contribution in [3.63, 3.8) is 0 Å². The Bertz CT molecular complexity index is 943. The molecule has 0 aliphatic heterocycles. The molecule has 2 rings (SSSR count). The predicted molar refractivity (Wildman–Crippen MR) is 94.9 cm³/mol. The quantitative estimate of drug-likeness (QED) is 0.804. The highest BCUT2D eigenvalue weighted by Gasteiger charge is 2.30. The summed E-state index contributed by atoms with van der Waals surface area (Å²) in [6.07, 6.45) is -4.44. The van der Waals surface area contributed by atoms with Crippen molar-refractivity contribution in [2.45, 2.75) is 17.6 Å². The van der Waals surface area contributed by atoms with Crippen LogP contribution in [0.4, 0.5) is 13.2 Å². The average Bonchev–Trinajstić information content (AvgIpc) is 2.59. The molecule has 0 aliphatic carbocycles. The third-order valence-electron chi connectivity index (χ3n) is 3.70. The number of carbonyl (C=O) groups excluding carboxylic acids is 1. The van der Waals surface area contributed by atoms with Crippen LogP contribution < -0.4 is 5.32 Å². The second-order valence-corrected chi connectivity index (χ2v) is 8.37. The van der Waals surface area contributed by atoms with Crippen LogP contribution in [0.1, 0.15) is 21.5 Å². The fourth-order valence-electron chi connectivity index (χ4n) is 2.14. The minimum Gasteiger partial charge on any atom is -0.348 e. The third kappa shape index (κ3) is 5.00. The molecule has 5 nitrogen and oxygen atoms in total. The van der Waals surface area contributed by atoms with E-state index < -0.39 is 27.7 Å². The largest absolute Gasteiger partial charge is 0.416 e. The van der Waals surface area contributed by atoms with Crippen LogP contribution in [0, 0.1) is 0 Å². The van der Waals surface area contributed by atoms with Crippen molar-refractivity contribution in [2.75, 3.05) is 14.1 Å². The van der Waals surface area contributed by atoms with E-state index in [1.807, 2.05) is 0 Å². The highest BCUT2D eigenvalue weighted by molar-refractivity contribution is 7.89. The molecule has 0 saturated heterocycles. The summed E-state index contributed by atoms with van der Waals surface area (Å²) in [5.41, 5.74) is -0.391. The van der Waals surface area contributed by atoms with Crippen LogP contribution in [0.15, 0.2) is 47.4 Å². The zero-order chi connectivity index (χ0) is 20.4. The normalized spacial score (nSPS) is 12.3. The van der Waals surface area contributed by atoms with E-state index >= 15 is 0 Å². The number of hydrogen-bond acceptors (Lipinski definition) is 3. The van der Waals surface area contributed by atoms with E-state index in [2.05, 4.69) is 5.32 Å². The summed E-state index contributed by atoms with van der Waals surface area (Å²) in [4.78, 5) is 12.2. The molecule has 0 spiro atoms. The lowest BCUT2D eigenvalue weighted by molar-refractivity contribution is -0.137. The first-order valence-electron chi connectivity index (χ1n) is 7.59. The summed E-state index contributed by atoms with van der Waals surface area (Å²) < 4.78 is 63.0. The van der Waals surface area contributed by atoms with E-state index in [-0.39, 0.29) is 22.0 Å². The van der Waals surface area contributed by atoms with Crippen LogP contribution >= 0.6 is 11.6 Å². The number of carbonyl (C=O) groups is 1. The first-order valence-corrected chi connectivity index (χ1v) is 9.41. The van der Waals surface area contributed by atoms with Crippen LogP contribution in [0.2, 0.25) is 5.02 Å². The Hall–Kier alpha value is -2.10. The van der Waals surface area contributed by atoms with Gasteiger partial charge in [-0.1, -0.05) is 23.7 Å². The lowest BCUT2D eigenvalue weighted by Crippen LogP contribution is -2.25. The minimum absolute atomic E-state index is 0.0437. The van der Waals surface area contributed by atoms with E-state index in [0.29, 0.717) is 5.56 Å². The second kappa shape index (κ2) is 7.87. The van der Waals surface area contributed by atoms with Crippen molar-refractivity contribution >= 4 is 27.5 Å². The van der Waals surface area contributed by atoms with Crippen molar-refractivity contribution in [1.29, 1.82) is 0 Å². The fourth-order valence-corrected chi connectivity index (χ4v) is 3.27. The van der Waals surface area contributed by atoms with Crippen LogP contribution in [0.3, 0.4) is 0 Å². The van der Waals surface area contributed by atoms with Crippen LogP contribution in [0.25, 0.3) is 0 Å². The van der Waals surface area contributed by atoms with Crippen LogP contribution in [0.5, 0.6) is 0 Å². The molecule has 0 saturated carbocycles. The van der Waals surface area contributed by atoms with Crippen molar-refractivity contribution in [2.24, 2.45) is 0 Å². The summed E-state index contributed by atoms with van der Waals surface area (Å²) in [5.74, 6) is -0.643. The Morgan fingerprint density at radius 3 is 2.22 bits per heavy atom. The Balaban J connectivity index is 2.17. The second-order valence-electron chi connectivity index (χ2n) is 5.81. The molecule has 0 atom stereocenters. The Labute approximate surface area is 159 Å². The van der Waals surface area contributed by atoms with Gasteiger partial charge in [0, 0.05) is 20.6 Å².